The number of alkyl halides is 1. The summed E-state index contributed by atoms with van der Waals surface area (Å²) in [5.74, 6) is 1.81. The van der Waals surface area contributed by atoms with Crippen molar-refractivity contribution in [2.75, 3.05) is 32.1 Å². The minimum atomic E-state index is 0.139. The van der Waals surface area contributed by atoms with E-state index in [0.717, 1.165) is 0 Å². The second-order valence-corrected chi connectivity index (χ2v) is 1.20. The van der Waals surface area contributed by atoms with Gasteiger partial charge >= 0.3 is 0 Å². The number of rotatable bonds is 4. The van der Waals surface area contributed by atoms with Crippen LogP contribution in [0.2, 0.25) is 0 Å². The van der Waals surface area contributed by atoms with Gasteiger partial charge in [-0.2, -0.15) is 0 Å². The summed E-state index contributed by atoms with van der Waals surface area (Å²) in [5.41, 5.74) is 0. The first-order valence-corrected chi connectivity index (χ1v) is 4.30. The van der Waals surface area contributed by atoms with Gasteiger partial charge in [0.25, 0.3) is 0 Å². The Bertz CT molecular complexity index is 34.1. The molecule has 4 heteroatoms. The molecule has 0 heterocycles. The molecule has 0 saturated heterocycles. The van der Waals surface area contributed by atoms with Crippen LogP contribution in [0, 0.1) is 0 Å². The van der Waals surface area contributed by atoms with E-state index in [0.29, 0.717) is 13.1 Å². The van der Waals surface area contributed by atoms with Crippen LogP contribution in [-0.4, -0.2) is 42.3 Å². The highest BCUT2D eigenvalue weighted by atomic mass is 79.9. The summed E-state index contributed by atoms with van der Waals surface area (Å²) >= 11 is 2.94. The van der Waals surface area contributed by atoms with Gasteiger partial charge in [-0.1, -0.05) is 15.9 Å². The van der Waals surface area contributed by atoms with Gasteiger partial charge in [-0.3, -0.25) is 0 Å². The quantitative estimate of drug-likeness (QED) is 0.426. The maximum absolute atomic E-state index is 8.15. The first kappa shape index (κ1) is 12.1. The van der Waals surface area contributed by atoms with E-state index in [4.69, 9.17) is 10.2 Å². The standard InChI is InChI=1S/C4H11NO2.CH3Br/c6-3-1-5-2-4-7;1-2/h5-7H,1-4H2;1H3. The fourth-order valence-electron chi connectivity index (χ4n) is 0.283. The lowest BCUT2D eigenvalue weighted by Gasteiger charge is -1.94. The van der Waals surface area contributed by atoms with Crippen LogP contribution in [-0.2, 0) is 0 Å². The van der Waals surface area contributed by atoms with Gasteiger partial charge < -0.3 is 15.5 Å². The predicted octanol–water partition coefficient (Wildman–Crippen LogP) is -0.428. The predicted molar refractivity (Wildman–Crippen MR) is 41.9 cm³/mol. The molecule has 0 fully saturated rings. The van der Waals surface area contributed by atoms with E-state index in [-0.39, 0.29) is 13.2 Å². The maximum Gasteiger partial charge on any atom is 0.0555 e. The molecule has 9 heavy (non-hydrogen) atoms. The largest absolute Gasteiger partial charge is 0.395 e. The molecule has 0 aromatic rings. The average molecular weight is 200 g/mol. The van der Waals surface area contributed by atoms with Crippen LogP contribution in [0.15, 0.2) is 0 Å². The van der Waals surface area contributed by atoms with Crippen LogP contribution >= 0.6 is 15.9 Å². The first-order valence-electron chi connectivity index (χ1n) is 2.72. The molecule has 3 N–H and O–H groups in total. The Balaban J connectivity index is 0. The molecule has 0 aliphatic rings. The molecule has 0 saturated carbocycles. The van der Waals surface area contributed by atoms with E-state index < -0.39 is 0 Å². The maximum atomic E-state index is 8.15. The fraction of sp³-hybridized carbons (Fsp3) is 1.00. The van der Waals surface area contributed by atoms with Gasteiger partial charge in [0.2, 0.25) is 0 Å². The minimum Gasteiger partial charge on any atom is -0.395 e. The van der Waals surface area contributed by atoms with Crippen LogP contribution in [0.4, 0.5) is 0 Å². The van der Waals surface area contributed by atoms with Gasteiger partial charge in [0.05, 0.1) is 13.2 Å². The molecule has 0 aromatic carbocycles. The number of aliphatic hydroxyl groups is 2. The van der Waals surface area contributed by atoms with E-state index in [1.807, 2.05) is 5.83 Å². The molecule has 58 valence electrons. The third-order valence-electron chi connectivity index (χ3n) is 0.577. The Kier molecular flexibility index (Phi) is 21.2. The van der Waals surface area contributed by atoms with E-state index in [1.54, 1.807) is 0 Å². The Morgan fingerprint density at radius 3 is 1.67 bits per heavy atom. The van der Waals surface area contributed by atoms with Gasteiger partial charge in [-0.05, 0) is 5.83 Å². The summed E-state index contributed by atoms with van der Waals surface area (Å²) in [6.45, 7) is 1.42. The van der Waals surface area contributed by atoms with Crippen molar-refractivity contribution in [1.29, 1.82) is 0 Å². The average Bonchev–Trinajstić information content (AvgIpc) is 1.94. The Hall–Kier alpha value is 0.360. The van der Waals surface area contributed by atoms with Gasteiger partial charge in [0, 0.05) is 13.1 Å². The van der Waals surface area contributed by atoms with Crippen LogP contribution < -0.4 is 5.32 Å². The van der Waals surface area contributed by atoms with Crippen molar-refractivity contribution in [2.45, 2.75) is 0 Å². The highest BCUT2D eigenvalue weighted by Gasteiger charge is 1.78. The fourth-order valence-corrected chi connectivity index (χ4v) is 0.283. The van der Waals surface area contributed by atoms with Crippen LogP contribution in [0.3, 0.4) is 0 Å². The summed E-state index contributed by atoms with van der Waals surface area (Å²) in [4.78, 5) is 0. The molecule has 0 radical (unpaired) electrons. The van der Waals surface area contributed by atoms with Crippen molar-refractivity contribution < 1.29 is 10.2 Å². The number of hydrogen-bond acceptors (Lipinski definition) is 3. The summed E-state index contributed by atoms with van der Waals surface area (Å²) in [5, 5.41) is 19.1. The molecular weight excluding hydrogens is 186 g/mol. The van der Waals surface area contributed by atoms with Crippen molar-refractivity contribution in [3.05, 3.63) is 0 Å². The zero-order valence-corrected chi connectivity index (χ0v) is 7.19. The Labute approximate surface area is 64.2 Å². The second kappa shape index (κ2) is 15.8. The van der Waals surface area contributed by atoms with Gasteiger partial charge in [0.15, 0.2) is 0 Å². The van der Waals surface area contributed by atoms with Crippen LogP contribution in [0.5, 0.6) is 0 Å². The lowest BCUT2D eigenvalue weighted by molar-refractivity contribution is 0.267. The molecule has 0 bridgehead atoms. The molecule has 0 amide bonds. The molecule has 0 aliphatic carbocycles. The molecule has 0 aliphatic heterocycles. The van der Waals surface area contributed by atoms with E-state index in [9.17, 15) is 0 Å². The lowest BCUT2D eigenvalue weighted by Crippen LogP contribution is -2.21. The minimum absolute atomic E-state index is 0.139. The lowest BCUT2D eigenvalue weighted by atomic mass is 10.6. The van der Waals surface area contributed by atoms with Crippen molar-refractivity contribution in [3.8, 4) is 0 Å². The molecule has 0 spiro atoms. The topological polar surface area (TPSA) is 52.5 Å². The third kappa shape index (κ3) is 17.8. The highest BCUT2D eigenvalue weighted by Crippen LogP contribution is 1.54. The van der Waals surface area contributed by atoms with Crippen molar-refractivity contribution >= 4 is 15.9 Å². The monoisotopic (exact) mass is 199 g/mol. The second-order valence-electron chi connectivity index (χ2n) is 1.20. The third-order valence-corrected chi connectivity index (χ3v) is 0.577. The highest BCUT2D eigenvalue weighted by molar-refractivity contribution is 9.08. The summed E-state index contributed by atoms with van der Waals surface area (Å²) in [7, 11) is 0. The molecule has 3 nitrogen and oxygen atoms in total. The van der Waals surface area contributed by atoms with Crippen molar-refractivity contribution in [1.82, 2.24) is 5.32 Å². The zero-order valence-electron chi connectivity index (χ0n) is 5.60. The molecule has 0 unspecified atom stereocenters. The Morgan fingerprint density at radius 2 is 1.44 bits per heavy atom. The molecule has 0 aromatic heterocycles. The molecular formula is C5H14BrNO2. The van der Waals surface area contributed by atoms with Crippen molar-refractivity contribution in [3.63, 3.8) is 0 Å². The van der Waals surface area contributed by atoms with Crippen molar-refractivity contribution in [2.24, 2.45) is 0 Å². The van der Waals surface area contributed by atoms with E-state index in [2.05, 4.69) is 21.2 Å². The smallest absolute Gasteiger partial charge is 0.0555 e. The van der Waals surface area contributed by atoms with Crippen LogP contribution in [0.25, 0.3) is 0 Å². The van der Waals surface area contributed by atoms with E-state index in [1.165, 1.54) is 0 Å². The summed E-state index contributed by atoms with van der Waals surface area (Å²) in [6.07, 6.45) is 0. The number of nitrogens with one attached hydrogen (secondary N) is 1. The van der Waals surface area contributed by atoms with E-state index >= 15 is 0 Å². The number of hydrogen-bond donors (Lipinski definition) is 3. The molecule has 0 atom stereocenters. The SMILES string of the molecule is CBr.OCCNCCO. The Morgan fingerprint density at radius 1 is 1.11 bits per heavy atom. The number of halogens is 1. The zero-order chi connectivity index (χ0) is 7.54. The van der Waals surface area contributed by atoms with Gasteiger partial charge in [-0.15, -0.1) is 0 Å². The molecule has 0 rings (SSSR count). The van der Waals surface area contributed by atoms with Gasteiger partial charge in [0.1, 0.15) is 0 Å². The van der Waals surface area contributed by atoms with Gasteiger partial charge in [-0.25, -0.2) is 0 Å². The number of aliphatic hydroxyl groups excluding tert-OH is 2. The summed E-state index contributed by atoms with van der Waals surface area (Å²) < 4.78 is 0. The van der Waals surface area contributed by atoms with Crippen LogP contribution in [0.1, 0.15) is 0 Å². The summed E-state index contributed by atoms with van der Waals surface area (Å²) in [6, 6.07) is 0. The first-order chi connectivity index (χ1) is 4.41. The normalized spacial score (nSPS) is 8.00.